The van der Waals surface area contributed by atoms with E-state index >= 15 is 0 Å². The van der Waals surface area contributed by atoms with Crippen molar-refractivity contribution in [2.45, 2.75) is 25.6 Å². The maximum atomic E-state index is 13.8. The monoisotopic (exact) mass is 432 g/mol. The van der Waals surface area contributed by atoms with Crippen molar-refractivity contribution in [1.82, 2.24) is 10.3 Å². The number of ether oxygens (including phenoxy) is 1. The molecular formula is C20H26N5O4S+. The molecule has 3 heterocycles. The Labute approximate surface area is 179 Å². The van der Waals surface area contributed by atoms with E-state index in [2.05, 4.69) is 10.4 Å². The number of hydrogen-bond acceptors (Lipinski definition) is 6. The van der Waals surface area contributed by atoms with Gasteiger partial charge in [0.25, 0.3) is 5.91 Å². The fraction of sp³-hybridized carbons (Fsp3) is 0.500. The lowest BCUT2D eigenvalue weighted by Gasteiger charge is -2.30. The minimum absolute atomic E-state index is 0.208. The minimum atomic E-state index is -1.33. The summed E-state index contributed by atoms with van der Waals surface area (Å²) < 4.78 is 5.42. The predicted octanol–water partition coefficient (Wildman–Crippen LogP) is -0.588. The van der Waals surface area contributed by atoms with E-state index in [1.54, 1.807) is 4.90 Å². The lowest BCUT2D eigenvalue weighted by Crippen LogP contribution is -3.14. The van der Waals surface area contributed by atoms with E-state index in [1.165, 1.54) is 23.8 Å². The van der Waals surface area contributed by atoms with Gasteiger partial charge in [0.05, 0.1) is 32.0 Å². The molecule has 0 bridgehead atoms. The zero-order valence-corrected chi connectivity index (χ0v) is 18.2. The van der Waals surface area contributed by atoms with Crippen molar-refractivity contribution in [3.8, 4) is 0 Å². The molecule has 0 aromatic heterocycles. The number of amides is 3. The summed E-state index contributed by atoms with van der Waals surface area (Å²) >= 11 is 1.12. The van der Waals surface area contributed by atoms with Gasteiger partial charge in [-0.25, -0.2) is 0 Å². The molecule has 1 aromatic carbocycles. The highest BCUT2D eigenvalue weighted by atomic mass is 32.2. The maximum absolute atomic E-state index is 13.8. The van der Waals surface area contributed by atoms with Crippen LogP contribution in [-0.4, -0.2) is 67.3 Å². The molecule has 1 atom stereocenters. The van der Waals surface area contributed by atoms with Gasteiger partial charge in [-0.3, -0.25) is 14.4 Å². The zero-order valence-electron chi connectivity index (χ0n) is 17.4. The molecule has 30 heavy (non-hydrogen) atoms. The number of amidine groups is 1. The van der Waals surface area contributed by atoms with Gasteiger partial charge in [0, 0.05) is 19.4 Å². The molecule has 0 radical (unpaired) electrons. The Morgan fingerprint density at radius 1 is 1.30 bits per heavy atom. The van der Waals surface area contributed by atoms with Gasteiger partial charge in [0.1, 0.15) is 13.1 Å². The first kappa shape index (κ1) is 20.8. The molecule has 3 amide bonds. The van der Waals surface area contributed by atoms with Gasteiger partial charge in [-0.1, -0.05) is 17.7 Å². The van der Waals surface area contributed by atoms with Crippen LogP contribution in [0.4, 0.5) is 5.69 Å². The summed E-state index contributed by atoms with van der Waals surface area (Å²) in [5.41, 5.74) is 2.50. The number of nitrogens with one attached hydrogen (secondary N) is 2. The molecule has 0 aliphatic carbocycles. The Morgan fingerprint density at radius 3 is 2.70 bits per heavy atom. The van der Waals surface area contributed by atoms with Crippen LogP contribution in [0.2, 0.25) is 0 Å². The number of rotatable bonds is 3. The molecular weight excluding hydrogens is 406 g/mol. The number of quaternary nitrogens is 1. The highest BCUT2D eigenvalue weighted by Crippen LogP contribution is 2.54. The van der Waals surface area contributed by atoms with E-state index in [9.17, 15) is 14.4 Å². The van der Waals surface area contributed by atoms with Crippen molar-refractivity contribution in [2.75, 3.05) is 44.3 Å². The zero-order chi connectivity index (χ0) is 21.5. The molecule has 160 valence electrons. The molecule has 3 aliphatic heterocycles. The maximum Gasteiger partial charge on any atom is 0.271 e. The Morgan fingerprint density at radius 2 is 2.03 bits per heavy atom. The van der Waals surface area contributed by atoms with E-state index in [4.69, 9.17) is 4.74 Å². The van der Waals surface area contributed by atoms with Crippen LogP contribution in [0.3, 0.4) is 0 Å². The summed E-state index contributed by atoms with van der Waals surface area (Å²) in [4.78, 5) is 39.7. The summed E-state index contributed by atoms with van der Waals surface area (Å²) in [6.07, 6.45) is 0. The molecule has 1 fully saturated rings. The van der Waals surface area contributed by atoms with Gasteiger partial charge in [-0.2, -0.15) is 5.01 Å². The largest absolute Gasteiger partial charge is 0.370 e. The van der Waals surface area contributed by atoms with Gasteiger partial charge in [-0.15, -0.1) is 5.10 Å². The average molecular weight is 433 g/mol. The summed E-state index contributed by atoms with van der Waals surface area (Å²) in [5, 5.41) is 8.38. The summed E-state index contributed by atoms with van der Waals surface area (Å²) in [5.74, 6) is -0.867. The van der Waals surface area contributed by atoms with Crippen molar-refractivity contribution in [2.24, 2.45) is 5.10 Å². The van der Waals surface area contributed by atoms with E-state index in [1.807, 2.05) is 25.1 Å². The number of carbonyl (C=O) groups is 3. The van der Waals surface area contributed by atoms with Gasteiger partial charge in [0.15, 0.2) is 5.17 Å². The lowest BCUT2D eigenvalue weighted by molar-refractivity contribution is -0.906. The van der Waals surface area contributed by atoms with Crippen molar-refractivity contribution in [1.29, 1.82) is 0 Å². The number of benzene rings is 1. The standard InChI is InChI=1S/C20H25N5O4S/c1-13-4-5-17-16(12-13)20(25(15(3)27)22-19(30-20)21-14(2)26)18(28)24(17)7-6-23-8-10-29-11-9-23/h4-5,12H,6-11H2,1-3H3,(H,21,22,26)/p+1/t20-/m1/s1. The number of hydrogen-bond donors (Lipinski definition) is 2. The summed E-state index contributed by atoms with van der Waals surface area (Å²) in [7, 11) is 0. The predicted molar refractivity (Wildman–Crippen MR) is 113 cm³/mol. The number of hydrazone groups is 1. The van der Waals surface area contributed by atoms with E-state index < -0.39 is 4.87 Å². The van der Waals surface area contributed by atoms with Crippen LogP contribution in [0.25, 0.3) is 0 Å². The Bertz CT molecular complexity index is 930. The van der Waals surface area contributed by atoms with Crippen LogP contribution in [0.15, 0.2) is 23.3 Å². The van der Waals surface area contributed by atoms with Crippen LogP contribution in [0.1, 0.15) is 25.0 Å². The first-order valence-electron chi connectivity index (χ1n) is 10.0. The smallest absolute Gasteiger partial charge is 0.271 e. The molecule has 0 saturated carbocycles. The molecule has 0 unspecified atom stereocenters. The molecule has 3 aliphatic rings. The first-order chi connectivity index (χ1) is 14.3. The number of aryl methyl sites for hydroxylation is 1. The molecule has 1 saturated heterocycles. The minimum Gasteiger partial charge on any atom is -0.370 e. The number of thioether (sulfide) groups is 1. The summed E-state index contributed by atoms with van der Waals surface area (Å²) in [6.45, 7) is 9.32. The third-order valence-corrected chi connectivity index (χ3v) is 6.79. The fourth-order valence-electron chi connectivity index (χ4n) is 4.13. The molecule has 10 heteroatoms. The molecule has 2 N–H and O–H groups in total. The van der Waals surface area contributed by atoms with Crippen LogP contribution in [0.5, 0.6) is 0 Å². The van der Waals surface area contributed by atoms with Gasteiger partial charge >= 0.3 is 0 Å². The van der Waals surface area contributed by atoms with Crippen molar-refractivity contribution >= 4 is 40.3 Å². The Kier molecular flexibility index (Phi) is 5.56. The topological polar surface area (TPSA) is 95.8 Å². The Balaban J connectivity index is 1.70. The van der Waals surface area contributed by atoms with E-state index in [0.717, 1.165) is 61.4 Å². The molecule has 4 rings (SSSR count). The van der Waals surface area contributed by atoms with Crippen LogP contribution in [-0.2, 0) is 24.0 Å². The van der Waals surface area contributed by atoms with E-state index in [-0.39, 0.29) is 22.9 Å². The highest BCUT2D eigenvalue weighted by molar-refractivity contribution is 8.15. The van der Waals surface area contributed by atoms with E-state index in [0.29, 0.717) is 6.54 Å². The van der Waals surface area contributed by atoms with Gasteiger partial charge < -0.3 is 19.9 Å². The number of anilines is 1. The highest BCUT2D eigenvalue weighted by Gasteiger charge is 2.61. The van der Waals surface area contributed by atoms with Crippen LogP contribution < -0.4 is 15.1 Å². The third kappa shape index (κ3) is 3.48. The van der Waals surface area contributed by atoms with Crippen molar-refractivity contribution in [3.63, 3.8) is 0 Å². The normalized spacial score (nSPS) is 23.7. The quantitative estimate of drug-likeness (QED) is 0.666. The van der Waals surface area contributed by atoms with Crippen LogP contribution >= 0.6 is 11.8 Å². The Hall–Kier alpha value is -2.43. The fourth-order valence-corrected chi connectivity index (χ4v) is 5.45. The first-order valence-corrected chi connectivity index (χ1v) is 10.8. The van der Waals surface area contributed by atoms with Crippen LogP contribution in [0, 0.1) is 6.92 Å². The summed E-state index contributed by atoms with van der Waals surface area (Å²) in [6, 6.07) is 5.83. The number of carbonyl (C=O) groups excluding carboxylic acids is 3. The van der Waals surface area contributed by atoms with Gasteiger partial charge in [-0.05, 0) is 24.8 Å². The second-order valence-electron chi connectivity index (χ2n) is 7.75. The van der Waals surface area contributed by atoms with Crippen molar-refractivity contribution in [3.05, 3.63) is 29.3 Å². The SMILES string of the molecule is CC(=O)NC1=NN(C(C)=O)[C@]2(S1)C(=O)N(CC[NH+]1CCOCC1)c1ccc(C)cc12. The number of fused-ring (bicyclic) bond motifs is 2. The number of nitrogens with zero attached hydrogens (tertiary/aromatic N) is 3. The second-order valence-corrected chi connectivity index (χ2v) is 8.93. The average Bonchev–Trinajstić information content (AvgIpc) is 3.18. The molecule has 1 aromatic rings. The van der Waals surface area contributed by atoms with Crippen molar-refractivity contribution < 1.29 is 24.0 Å². The number of morpholine rings is 1. The third-order valence-electron chi connectivity index (χ3n) is 5.55. The second kappa shape index (κ2) is 8.01. The molecule has 1 spiro atoms. The molecule has 9 nitrogen and oxygen atoms in total. The van der Waals surface area contributed by atoms with Gasteiger partial charge in [0.2, 0.25) is 16.7 Å². The lowest BCUT2D eigenvalue weighted by atomic mass is 10.0.